The van der Waals surface area contributed by atoms with Crippen molar-refractivity contribution in [2.75, 3.05) is 5.73 Å². The number of aromatic nitrogens is 1. The highest BCUT2D eigenvalue weighted by atomic mass is 32.1. The first-order valence-electron chi connectivity index (χ1n) is 4.02. The highest BCUT2D eigenvalue weighted by Crippen LogP contribution is 2.26. The van der Waals surface area contributed by atoms with Crippen LogP contribution in [0.15, 0.2) is 30.3 Å². The Morgan fingerprint density at radius 3 is 2.79 bits per heavy atom. The van der Waals surface area contributed by atoms with E-state index in [-0.39, 0.29) is 0 Å². The summed E-state index contributed by atoms with van der Waals surface area (Å²) in [5, 5.41) is 8.67. The standard InChI is InChI=1S/C10H7N3S/c11-6-7-4-5-9(14-7)8-2-1-3-10(12)13-8/h1-5H,(H2,12,13). The van der Waals surface area contributed by atoms with Crippen molar-refractivity contribution < 1.29 is 0 Å². The number of hydrogen-bond donors (Lipinski definition) is 1. The average Bonchev–Trinajstić information content (AvgIpc) is 2.66. The fourth-order valence-corrected chi connectivity index (χ4v) is 1.90. The molecule has 0 atom stereocenters. The number of nitrogen functional groups attached to an aromatic ring is 1. The second kappa shape index (κ2) is 3.48. The summed E-state index contributed by atoms with van der Waals surface area (Å²) < 4.78 is 0. The van der Waals surface area contributed by atoms with E-state index < -0.39 is 0 Å². The molecule has 0 saturated heterocycles. The average molecular weight is 201 g/mol. The quantitative estimate of drug-likeness (QED) is 0.769. The highest BCUT2D eigenvalue weighted by Gasteiger charge is 2.03. The van der Waals surface area contributed by atoms with Gasteiger partial charge in [0.05, 0.1) is 10.6 Å². The summed E-state index contributed by atoms with van der Waals surface area (Å²) >= 11 is 1.42. The van der Waals surface area contributed by atoms with Gasteiger partial charge in [-0.2, -0.15) is 5.26 Å². The van der Waals surface area contributed by atoms with Gasteiger partial charge in [0.2, 0.25) is 0 Å². The third-order valence-electron chi connectivity index (χ3n) is 1.74. The van der Waals surface area contributed by atoms with E-state index in [4.69, 9.17) is 11.0 Å². The molecule has 0 aliphatic heterocycles. The van der Waals surface area contributed by atoms with Gasteiger partial charge in [0, 0.05) is 0 Å². The van der Waals surface area contributed by atoms with Crippen LogP contribution in [-0.4, -0.2) is 4.98 Å². The van der Waals surface area contributed by atoms with Crippen LogP contribution in [0.2, 0.25) is 0 Å². The lowest BCUT2D eigenvalue weighted by atomic mass is 10.3. The Morgan fingerprint density at radius 1 is 1.29 bits per heavy atom. The zero-order chi connectivity index (χ0) is 9.97. The third kappa shape index (κ3) is 1.58. The maximum Gasteiger partial charge on any atom is 0.124 e. The highest BCUT2D eigenvalue weighted by molar-refractivity contribution is 7.15. The van der Waals surface area contributed by atoms with Crippen LogP contribution in [0.5, 0.6) is 0 Å². The lowest BCUT2D eigenvalue weighted by Crippen LogP contribution is -1.89. The fourth-order valence-electron chi connectivity index (χ4n) is 1.12. The molecule has 0 fully saturated rings. The van der Waals surface area contributed by atoms with Gasteiger partial charge in [-0.1, -0.05) is 6.07 Å². The van der Waals surface area contributed by atoms with Crippen molar-refractivity contribution >= 4 is 17.2 Å². The molecule has 2 aromatic heterocycles. The summed E-state index contributed by atoms with van der Waals surface area (Å²) in [4.78, 5) is 5.82. The molecule has 2 aromatic rings. The molecule has 0 spiro atoms. The first-order valence-corrected chi connectivity index (χ1v) is 4.84. The van der Waals surface area contributed by atoms with Crippen molar-refractivity contribution in [1.29, 1.82) is 5.26 Å². The van der Waals surface area contributed by atoms with Gasteiger partial charge in [0.25, 0.3) is 0 Å². The number of anilines is 1. The van der Waals surface area contributed by atoms with Crippen molar-refractivity contribution in [2.45, 2.75) is 0 Å². The Morgan fingerprint density at radius 2 is 2.14 bits per heavy atom. The number of thiophene rings is 1. The molecule has 0 bridgehead atoms. The van der Waals surface area contributed by atoms with E-state index in [2.05, 4.69) is 11.1 Å². The zero-order valence-corrected chi connectivity index (χ0v) is 8.08. The molecule has 2 N–H and O–H groups in total. The minimum atomic E-state index is 0.495. The largest absolute Gasteiger partial charge is 0.384 e. The van der Waals surface area contributed by atoms with Crippen molar-refractivity contribution in [3.8, 4) is 16.6 Å². The maximum atomic E-state index is 8.67. The van der Waals surface area contributed by atoms with Crippen LogP contribution < -0.4 is 5.73 Å². The summed E-state index contributed by atoms with van der Waals surface area (Å²) in [7, 11) is 0. The van der Waals surface area contributed by atoms with E-state index in [9.17, 15) is 0 Å². The minimum absolute atomic E-state index is 0.495. The van der Waals surface area contributed by atoms with Crippen LogP contribution in [0.25, 0.3) is 10.6 Å². The van der Waals surface area contributed by atoms with E-state index in [1.807, 2.05) is 18.2 Å². The van der Waals surface area contributed by atoms with Gasteiger partial charge >= 0.3 is 0 Å². The monoisotopic (exact) mass is 201 g/mol. The molecule has 2 heterocycles. The van der Waals surface area contributed by atoms with Crippen molar-refractivity contribution in [2.24, 2.45) is 0 Å². The van der Waals surface area contributed by atoms with E-state index in [0.29, 0.717) is 10.7 Å². The van der Waals surface area contributed by atoms with Crippen molar-refractivity contribution in [3.63, 3.8) is 0 Å². The molecular formula is C10H7N3S. The van der Waals surface area contributed by atoms with Gasteiger partial charge in [-0.25, -0.2) is 4.98 Å². The molecule has 0 saturated carbocycles. The number of nitriles is 1. The van der Waals surface area contributed by atoms with Crippen LogP contribution in [0, 0.1) is 11.3 Å². The zero-order valence-electron chi connectivity index (χ0n) is 7.27. The Labute approximate surface area is 85.4 Å². The van der Waals surface area contributed by atoms with Crippen LogP contribution in [0.4, 0.5) is 5.82 Å². The molecular weight excluding hydrogens is 194 g/mol. The lowest BCUT2D eigenvalue weighted by Gasteiger charge is -1.96. The van der Waals surface area contributed by atoms with E-state index in [1.54, 1.807) is 12.1 Å². The van der Waals surface area contributed by atoms with Crippen molar-refractivity contribution in [3.05, 3.63) is 35.2 Å². The summed E-state index contributed by atoms with van der Waals surface area (Å²) in [6.45, 7) is 0. The number of pyridine rings is 1. The Balaban J connectivity index is 2.45. The van der Waals surface area contributed by atoms with Gasteiger partial charge in [-0.15, -0.1) is 11.3 Å². The number of nitrogens with two attached hydrogens (primary N) is 1. The van der Waals surface area contributed by atoms with Crippen LogP contribution in [0.1, 0.15) is 4.88 Å². The summed E-state index contributed by atoms with van der Waals surface area (Å²) in [5.41, 5.74) is 6.38. The molecule has 0 amide bonds. The summed E-state index contributed by atoms with van der Waals surface area (Å²) in [6, 6.07) is 11.2. The third-order valence-corrected chi connectivity index (χ3v) is 2.75. The predicted molar refractivity (Wildman–Crippen MR) is 56.7 cm³/mol. The van der Waals surface area contributed by atoms with Gasteiger partial charge < -0.3 is 5.73 Å². The first-order chi connectivity index (χ1) is 6.79. The first kappa shape index (κ1) is 8.73. The van der Waals surface area contributed by atoms with Crippen molar-refractivity contribution in [1.82, 2.24) is 4.98 Å². The fraction of sp³-hybridized carbons (Fsp3) is 0. The molecule has 4 heteroatoms. The van der Waals surface area contributed by atoms with E-state index >= 15 is 0 Å². The van der Waals surface area contributed by atoms with Crippen LogP contribution in [-0.2, 0) is 0 Å². The Hall–Kier alpha value is -1.86. The molecule has 68 valence electrons. The molecule has 0 aromatic carbocycles. The minimum Gasteiger partial charge on any atom is -0.384 e. The molecule has 2 rings (SSSR count). The molecule has 0 unspecified atom stereocenters. The lowest BCUT2D eigenvalue weighted by molar-refractivity contribution is 1.35. The Kier molecular flexibility index (Phi) is 2.17. The maximum absolute atomic E-state index is 8.67. The molecule has 0 aliphatic rings. The topological polar surface area (TPSA) is 62.7 Å². The van der Waals surface area contributed by atoms with Gasteiger partial charge in [0.15, 0.2) is 0 Å². The SMILES string of the molecule is N#Cc1ccc(-c2cccc(N)n2)s1. The molecule has 0 radical (unpaired) electrons. The van der Waals surface area contributed by atoms with E-state index in [0.717, 1.165) is 10.6 Å². The van der Waals surface area contributed by atoms with Gasteiger partial charge in [0.1, 0.15) is 16.8 Å². The molecule has 14 heavy (non-hydrogen) atoms. The molecule has 3 nitrogen and oxygen atoms in total. The number of rotatable bonds is 1. The normalized spacial score (nSPS) is 9.64. The second-order valence-corrected chi connectivity index (χ2v) is 3.81. The number of hydrogen-bond acceptors (Lipinski definition) is 4. The van der Waals surface area contributed by atoms with Gasteiger partial charge in [-0.05, 0) is 24.3 Å². The van der Waals surface area contributed by atoms with Crippen LogP contribution >= 0.6 is 11.3 Å². The number of nitrogens with zero attached hydrogens (tertiary/aromatic N) is 2. The smallest absolute Gasteiger partial charge is 0.124 e. The summed E-state index contributed by atoms with van der Waals surface area (Å²) in [5.74, 6) is 0.495. The van der Waals surface area contributed by atoms with Crippen LogP contribution in [0.3, 0.4) is 0 Å². The second-order valence-electron chi connectivity index (χ2n) is 2.72. The molecule has 0 aliphatic carbocycles. The van der Waals surface area contributed by atoms with Gasteiger partial charge in [-0.3, -0.25) is 0 Å². The van der Waals surface area contributed by atoms with E-state index in [1.165, 1.54) is 11.3 Å². The predicted octanol–water partition coefficient (Wildman–Crippen LogP) is 2.26. The summed E-state index contributed by atoms with van der Waals surface area (Å²) in [6.07, 6.45) is 0. The Bertz CT molecular complexity index is 496.